The Hall–Kier alpha value is -3.03. The lowest BCUT2D eigenvalue weighted by Gasteiger charge is -2.21. The molecule has 2 rings (SSSR count). The van der Waals surface area contributed by atoms with Gasteiger partial charge in [-0.1, -0.05) is 13.8 Å². The largest absolute Gasteiger partial charge is 0.358 e. The first-order chi connectivity index (χ1) is 11.8. The summed E-state index contributed by atoms with van der Waals surface area (Å²) in [7, 11) is 1.59. The molecule has 2 aromatic rings. The van der Waals surface area contributed by atoms with Crippen LogP contribution in [0.3, 0.4) is 0 Å². The molecule has 0 saturated carbocycles. The molecule has 2 N–H and O–H groups in total. The third-order valence-electron chi connectivity index (χ3n) is 3.69. The number of hydrogen-bond acceptors (Lipinski definition) is 6. The van der Waals surface area contributed by atoms with Gasteiger partial charge >= 0.3 is 0 Å². The van der Waals surface area contributed by atoms with Gasteiger partial charge in [-0.25, -0.2) is 9.97 Å². The Morgan fingerprint density at radius 1 is 1.20 bits per heavy atom. The summed E-state index contributed by atoms with van der Waals surface area (Å²) in [5.41, 5.74) is 1.40. The Kier molecular flexibility index (Phi) is 5.63. The molecule has 0 aliphatic heterocycles. The quantitative estimate of drug-likeness (QED) is 0.616. The summed E-state index contributed by atoms with van der Waals surface area (Å²) in [5.74, 6) is 0.918. The number of carbonyl (C=O) groups excluding carboxylic acids is 1. The first-order valence-corrected chi connectivity index (χ1v) is 7.90. The monoisotopic (exact) mass is 343 g/mol. The van der Waals surface area contributed by atoms with E-state index < -0.39 is 11.0 Å². The molecular weight excluding hydrogens is 322 g/mol. The minimum Gasteiger partial charge on any atom is -0.358 e. The van der Waals surface area contributed by atoms with E-state index in [1.807, 2.05) is 20.8 Å². The molecule has 8 nitrogen and oxygen atoms in total. The molecule has 0 bridgehead atoms. The van der Waals surface area contributed by atoms with Crippen molar-refractivity contribution in [1.29, 1.82) is 0 Å². The maximum absolute atomic E-state index is 12.0. The number of non-ortho nitro benzene ring substituents is 1. The third-order valence-corrected chi connectivity index (χ3v) is 3.69. The summed E-state index contributed by atoms with van der Waals surface area (Å²) in [5, 5.41) is 16.5. The van der Waals surface area contributed by atoms with Gasteiger partial charge in [0.05, 0.1) is 4.92 Å². The van der Waals surface area contributed by atoms with Gasteiger partial charge in [0.15, 0.2) is 5.82 Å². The van der Waals surface area contributed by atoms with Gasteiger partial charge in [0.2, 0.25) is 5.91 Å². The zero-order valence-electron chi connectivity index (χ0n) is 14.6. The van der Waals surface area contributed by atoms with Crippen LogP contribution in [-0.2, 0) is 4.79 Å². The van der Waals surface area contributed by atoms with Crippen LogP contribution >= 0.6 is 0 Å². The minimum atomic E-state index is -0.454. The number of nitrogens with zero attached hydrogens (tertiary/aromatic N) is 3. The number of hydrogen-bond donors (Lipinski definition) is 2. The lowest BCUT2D eigenvalue weighted by Crippen LogP contribution is -2.41. The Bertz CT molecular complexity index is 774. The number of anilines is 1. The van der Waals surface area contributed by atoms with E-state index in [-0.39, 0.29) is 17.5 Å². The average Bonchev–Trinajstić information content (AvgIpc) is 2.58. The van der Waals surface area contributed by atoms with Crippen LogP contribution in [0.5, 0.6) is 0 Å². The molecule has 0 fully saturated rings. The zero-order valence-corrected chi connectivity index (χ0v) is 14.6. The second kappa shape index (κ2) is 7.69. The highest BCUT2D eigenvalue weighted by Crippen LogP contribution is 2.22. The fourth-order valence-corrected chi connectivity index (χ4v) is 2.35. The van der Waals surface area contributed by atoms with E-state index >= 15 is 0 Å². The summed E-state index contributed by atoms with van der Waals surface area (Å²) < 4.78 is 0. The highest BCUT2D eigenvalue weighted by atomic mass is 16.6. The molecule has 25 heavy (non-hydrogen) atoms. The lowest BCUT2D eigenvalue weighted by atomic mass is 10.0. The topological polar surface area (TPSA) is 110 Å². The number of likely N-dealkylation sites (N-methyl/N-ethyl adjacent to an activating group) is 1. The second-order valence-electron chi connectivity index (χ2n) is 6.00. The van der Waals surface area contributed by atoms with E-state index in [0.717, 1.165) is 5.69 Å². The van der Waals surface area contributed by atoms with Crippen molar-refractivity contribution in [2.24, 2.45) is 5.92 Å². The van der Waals surface area contributed by atoms with Crippen LogP contribution in [0.4, 0.5) is 11.5 Å². The second-order valence-corrected chi connectivity index (χ2v) is 6.00. The summed E-state index contributed by atoms with van der Waals surface area (Å²) in [6, 6.07) is 7.37. The smallest absolute Gasteiger partial charge is 0.269 e. The molecule has 0 aliphatic rings. The van der Waals surface area contributed by atoms with Gasteiger partial charge in [0.25, 0.3) is 5.69 Å². The predicted octanol–water partition coefficient (Wildman–Crippen LogP) is 2.54. The highest BCUT2D eigenvalue weighted by Gasteiger charge is 2.21. The molecule has 1 aromatic heterocycles. The molecular formula is C17H21N5O3. The molecule has 1 unspecified atom stereocenters. The third kappa shape index (κ3) is 4.50. The average molecular weight is 343 g/mol. The number of nitrogens with one attached hydrogen (secondary N) is 2. The van der Waals surface area contributed by atoms with Crippen LogP contribution in [0, 0.1) is 23.0 Å². The van der Waals surface area contributed by atoms with Crippen LogP contribution in [0.1, 0.15) is 19.5 Å². The van der Waals surface area contributed by atoms with Crippen molar-refractivity contribution >= 4 is 17.4 Å². The van der Waals surface area contributed by atoms with E-state index in [1.54, 1.807) is 25.2 Å². The highest BCUT2D eigenvalue weighted by molar-refractivity contribution is 5.84. The number of benzene rings is 1. The molecule has 0 saturated heterocycles. The molecule has 1 amide bonds. The number of carbonyl (C=O) groups is 1. The van der Waals surface area contributed by atoms with Crippen LogP contribution in [-0.4, -0.2) is 33.9 Å². The van der Waals surface area contributed by atoms with Crippen LogP contribution in [0.15, 0.2) is 30.3 Å². The maximum atomic E-state index is 12.0. The van der Waals surface area contributed by atoms with Crippen molar-refractivity contribution in [3.05, 3.63) is 46.1 Å². The van der Waals surface area contributed by atoms with E-state index in [9.17, 15) is 14.9 Å². The maximum Gasteiger partial charge on any atom is 0.269 e. The van der Waals surface area contributed by atoms with E-state index in [1.165, 1.54) is 12.1 Å². The van der Waals surface area contributed by atoms with E-state index in [2.05, 4.69) is 20.6 Å². The van der Waals surface area contributed by atoms with Crippen molar-refractivity contribution in [3.8, 4) is 11.4 Å². The summed E-state index contributed by atoms with van der Waals surface area (Å²) >= 11 is 0. The number of amides is 1. The Morgan fingerprint density at radius 3 is 2.36 bits per heavy atom. The standard InChI is InChI=1S/C17H21N5O3/c1-10(2)15(17(23)18-4)20-14-9-11(3)19-16(21-14)12-5-7-13(8-6-12)22(24)25/h5-10,15H,1-4H3,(H,18,23)(H,19,20,21). The number of nitro groups is 1. The van der Waals surface area contributed by atoms with Crippen molar-refractivity contribution in [1.82, 2.24) is 15.3 Å². The number of aromatic nitrogens is 2. The van der Waals surface area contributed by atoms with Gasteiger partial charge in [-0.15, -0.1) is 0 Å². The lowest BCUT2D eigenvalue weighted by molar-refractivity contribution is -0.384. The fraction of sp³-hybridized carbons (Fsp3) is 0.353. The summed E-state index contributed by atoms with van der Waals surface area (Å²) in [4.78, 5) is 31.1. The van der Waals surface area contributed by atoms with Gasteiger partial charge in [0.1, 0.15) is 11.9 Å². The molecule has 1 atom stereocenters. The van der Waals surface area contributed by atoms with Gasteiger partial charge in [0, 0.05) is 36.5 Å². The molecule has 0 aliphatic carbocycles. The number of rotatable bonds is 6. The van der Waals surface area contributed by atoms with Crippen LogP contribution < -0.4 is 10.6 Å². The zero-order chi connectivity index (χ0) is 18.6. The van der Waals surface area contributed by atoms with Crippen molar-refractivity contribution in [2.75, 3.05) is 12.4 Å². The Morgan fingerprint density at radius 2 is 1.84 bits per heavy atom. The van der Waals surface area contributed by atoms with Gasteiger partial charge in [-0.3, -0.25) is 14.9 Å². The van der Waals surface area contributed by atoms with Gasteiger partial charge in [-0.05, 0) is 25.0 Å². The van der Waals surface area contributed by atoms with Crippen LogP contribution in [0.25, 0.3) is 11.4 Å². The number of nitro benzene ring substituents is 1. The van der Waals surface area contributed by atoms with E-state index in [4.69, 9.17) is 0 Å². The van der Waals surface area contributed by atoms with Crippen LogP contribution in [0.2, 0.25) is 0 Å². The molecule has 1 aromatic carbocycles. The molecule has 8 heteroatoms. The molecule has 0 radical (unpaired) electrons. The minimum absolute atomic E-state index is 0.00856. The SMILES string of the molecule is CNC(=O)C(Nc1cc(C)nc(-c2ccc([N+](=O)[O-])cc2)n1)C(C)C. The summed E-state index contributed by atoms with van der Waals surface area (Å²) in [6.07, 6.45) is 0. The first-order valence-electron chi connectivity index (χ1n) is 7.90. The van der Waals surface area contributed by atoms with Gasteiger partial charge in [-0.2, -0.15) is 0 Å². The van der Waals surface area contributed by atoms with Crippen molar-refractivity contribution < 1.29 is 9.72 Å². The van der Waals surface area contributed by atoms with Crippen molar-refractivity contribution in [2.45, 2.75) is 26.8 Å². The predicted molar refractivity (Wildman–Crippen MR) is 95.2 cm³/mol. The Balaban J connectivity index is 2.33. The van der Waals surface area contributed by atoms with E-state index in [0.29, 0.717) is 17.2 Å². The number of aryl methyl sites for hydroxylation is 1. The first kappa shape index (κ1) is 18.3. The van der Waals surface area contributed by atoms with Crippen molar-refractivity contribution in [3.63, 3.8) is 0 Å². The molecule has 1 heterocycles. The Labute approximate surface area is 145 Å². The fourth-order valence-electron chi connectivity index (χ4n) is 2.35. The normalized spacial score (nSPS) is 11.9. The summed E-state index contributed by atoms with van der Waals surface area (Å²) in [6.45, 7) is 5.71. The molecule has 132 valence electrons. The van der Waals surface area contributed by atoms with Gasteiger partial charge < -0.3 is 10.6 Å². The molecule has 0 spiro atoms.